The fraction of sp³-hybridized carbons (Fsp3) is 0.368. The maximum Gasteiger partial charge on any atom is 0.254 e. The Kier molecular flexibility index (Phi) is 4.80. The molecule has 3 aromatic rings. The minimum Gasteiger partial charge on any atom is -0.377 e. The molecule has 26 heavy (non-hydrogen) atoms. The molecule has 136 valence electrons. The molecular formula is C19H21ClN4O2. The topological polar surface area (TPSA) is 71.9 Å². The summed E-state index contributed by atoms with van der Waals surface area (Å²) in [6, 6.07) is 9.29. The highest BCUT2D eigenvalue weighted by Crippen LogP contribution is 2.21. The number of H-pyrrole nitrogens is 1. The average Bonchev–Trinajstić information content (AvgIpc) is 3.25. The molecule has 0 amide bonds. The van der Waals surface area contributed by atoms with Gasteiger partial charge in [-0.1, -0.05) is 11.6 Å². The summed E-state index contributed by atoms with van der Waals surface area (Å²) in [5, 5.41) is 9.51. The second kappa shape index (κ2) is 7.23. The Morgan fingerprint density at radius 1 is 1.38 bits per heavy atom. The quantitative estimate of drug-likeness (QED) is 0.722. The van der Waals surface area contributed by atoms with Crippen molar-refractivity contribution in [2.75, 3.05) is 13.2 Å². The van der Waals surface area contributed by atoms with Gasteiger partial charge >= 0.3 is 0 Å². The molecule has 1 aromatic carbocycles. The van der Waals surface area contributed by atoms with Crippen molar-refractivity contribution in [1.82, 2.24) is 20.1 Å². The van der Waals surface area contributed by atoms with Crippen molar-refractivity contribution in [3.05, 3.63) is 57.0 Å². The molecule has 0 radical (unpaired) electrons. The van der Waals surface area contributed by atoms with Gasteiger partial charge in [-0.3, -0.25) is 4.79 Å². The first-order chi connectivity index (χ1) is 12.6. The minimum atomic E-state index is -0.104. The molecule has 1 atom stereocenters. The summed E-state index contributed by atoms with van der Waals surface area (Å²) in [5.41, 5.74) is 3.01. The summed E-state index contributed by atoms with van der Waals surface area (Å²) < 4.78 is 7.34. The van der Waals surface area contributed by atoms with Crippen LogP contribution < -0.4 is 10.9 Å². The van der Waals surface area contributed by atoms with Gasteiger partial charge in [0.25, 0.3) is 5.56 Å². The number of aromatic amines is 1. The van der Waals surface area contributed by atoms with Crippen LogP contribution in [-0.2, 0) is 11.3 Å². The van der Waals surface area contributed by atoms with Crippen molar-refractivity contribution in [3.63, 3.8) is 0 Å². The van der Waals surface area contributed by atoms with Gasteiger partial charge < -0.3 is 15.0 Å². The highest BCUT2D eigenvalue weighted by molar-refractivity contribution is 6.30. The molecule has 1 aliphatic rings. The number of hydrogen-bond acceptors (Lipinski definition) is 4. The zero-order valence-corrected chi connectivity index (χ0v) is 15.3. The molecule has 1 fully saturated rings. The first-order valence-corrected chi connectivity index (χ1v) is 9.19. The molecule has 2 aromatic heterocycles. The number of hydrogen-bond donors (Lipinski definition) is 2. The lowest BCUT2D eigenvalue weighted by Crippen LogP contribution is -2.28. The SMILES string of the molecule is Cc1nn(-c2ccc(Cl)cc2)c2[nH]c(=O)c(CNCC3CCCO3)cc12. The van der Waals surface area contributed by atoms with Crippen LogP contribution in [0.15, 0.2) is 35.1 Å². The van der Waals surface area contributed by atoms with Crippen LogP contribution in [0.3, 0.4) is 0 Å². The summed E-state index contributed by atoms with van der Waals surface area (Å²) in [4.78, 5) is 15.5. The van der Waals surface area contributed by atoms with Crippen LogP contribution in [-0.4, -0.2) is 34.0 Å². The van der Waals surface area contributed by atoms with Gasteiger partial charge in [-0.25, -0.2) is 4.68 Å². The second-order valence-electron chi connectivity index (χ2n) is 6.63. The Balaban J connectivity index is 1.61. The zero-order valence-electron chi connectivity index (χ0n) is 14.6. The summed E-state index contributed by atoms with van der Waals surface area (Å²) in [6.07, 6.45) is 2.45. The third kappa shape index (κ3) is 3.40. The fourth-order valence-corrected chi connectivity index (χ4v) is 3.46. The number of benzene rings is 1. The van der Waals surface area contributed by atoms with Crippen molar-refractivity contribution in [3.8, 4) is 5.69 Å². The van der Waals surface area contributed by atoms with E-state index in [2.05, 4.69) is 15.4 Å². The predicted octanol–water partition coefficient (Wildman–Crippen LogP) is 2.94. The van der Waals surface area contributed by atoms with E-state index in [9.17, 15) is 4.79 Å². The fourth-order valence-electron chi connectivity index (χ4n) is 3.33. The molecule has 0 spiro atoms. The van der Waals surface area contributed by atoms with E-state index in [-0.39, 0.29) is 11.7 Å². The van der Waals surface area contributed by atoms with Crippen LogP contribution in [0, 0.1) is 6.92 Å². The van der Waals surface area contributed by atoms with E-state index in [4.69, 9.17) is 16.3 Å². The molecule has 6 nitrogen and oxygen atoms in total. The van der Waals surface area contributed by atoms with E-state index in [1.54, 1.807) is 16.8 Å². The molecule has 7 heteroatoms. The van der Waals surface area contributed by atoms with Crippen molar-refractivity contribution < 1.29 is 4.74 Å². The van der Waals surface area contributed by atoms with Gasteiger partial charge in [0.15, 0.2) is 0 Å². The lowest BCUT2D eigenvalue weighted by Gasteiger charge is -2.10. The number of aromatic nitrogens is 3. The number of ether oxygens (including phenoxy) is 1. The normalized spacial score (nSPS) is 17.2. The van der Waals surface area contributed by atoms with Crippen LogP contribution in [0.4, 0.5) is 0 Å². The van der Waals surface area contributed by atoms with Crippen LogP contribution in [0.1, 0.15) is 24.1 Å². The van der Waals surface area contributed by atoms with Gasteiger partial charge in [-0.2, -0.15) is 5.10 Å². The molecular weight excluding hydrogens is 352 g/mol. The van der Waals surface area contributed by atoms with E-state index in [0.29, 0.717) is 22.8 Å². The third-order valence-electron chi connectivity index (χ3n) is 4.73. The third-order valence-corrected chi connectivity index (χ3v) is 4.98. The summed E-state index contributed by atoms with van der Waals surface area (Å²) in [5.74, 6) is 0. The molecule has 2 N–H and O–H groups in total. The molecule has 1 unspecified atom stereocenters. The Morgan fingerprint density at radius 3 is 2.92 bits per heavy atom. The van der Waals surface area contributed by atoms with Crippen molar-refractivity contribution in [2.24, 2.45) is 0 Å². The van der Waals surface area contributed by atoms with Gasteiger partial charge in [0.2, 0.25) is 0 Å². The molecule has 4 rings (SSSR count). The number of fused-ring (bicyclic) bond motifs is 1. The zero-order chi connectivity index (χ0) is 18.1. The van der Waals surface area contributed by atoms with E-state index in [1.807, 2.05) is 25.1 Å². The van der Waals surface area contributed by atoms with E-state index in [0.717, 1.165) is 42.8 Å². The molecule has 0 bridgehead atoms. The van der Waals surface area contributed by atoms with Crippen molar-refractivity contribution in [2.45, 2.75) is 32.4 Å². The number of halogens is 1. The number of rotatable bonds is 5. The summed E-state index contributed by atoms with van der Waals surface area (Å²) in [6.45, 7) is 4.05. The smallest absolute Gasteiger partial charge is 0.254 e. The number of pyridine rings is 1. The van der Waals surface area contributed by atoms with Crippen LogP contribution >= 0.6 is 11.6 Å². The first-order valence-electron chi connectivity index (χ1n) is 8.81. The summed E-state index contributed by atoms with van der Waals surface area (Å²) in [7, 11) is 0. The average molecular weight is 373 g/mol. The van der Waals surface area contributed by atoms with Gasteiger partial charge in [0.1, 0.15) is 5.65 Å². The van der Waals surface area contributed by atoms with Gasteiger partial charge in [0.05, 0.1) is 17.5 Å². The van der Waals surface area contributed by atoms with Crippen LogP contribution in [0.2, 0.25) is 5.02 Å². The number of nitrogens with zero attached hydrogens (tertiary/aromatic N) is 2. The van der Waals surface area contributed by atoms with Crippen LogP contribution in [0.25, 0.3) is 16.7 Å². The van der Waals surface area contributed by atoms with Gasteiger partial charge in [0, 0.05) is 35.7 Å². The van der Waals surface area contributed by atoms with E-state index >= 15 is 0 Å². The number of aryl methyl sites for hydroxylation is 1. The minimum absolute atomic E-state index is 0.104. The molecule has 1 saturated heterocycles. The van der Waals surface area contributed by atoms with E-state index in [1.165, 1.54) is 0 Å². The Bertz CT molecular complexity index is 972. The maximum atomic E-state index is 12.5. The molecule has 0 saturated carbocycles. The Hall–Kier alpha value is -2.15. The lowest BCUT2D eigenvalue weighted by molar-refractivity contribution is 0.110. The maximum absolute atomic E-state index is 12.5. The standard InChI is InChI=1S/C19H21ClN4O2/c1-12-17-9-13(10-21-11-16-3-2-8-26-16)19(25)22-18(17)24(23-12)15-6-4-14(20)5-7-15/h4-7,9,16,21H,2-3,8,10-11H2,1H3,(H,22,25). The second-order valence-corrected chi connectivity index (χ2v) is 7.06. The van der Waals surface area contributed by atoms with Gasteiger partial charge in [-0.15, -0.1) is 0 Å². The summed E-state index contributed by atoms with van der Waals surface area (Å²) >= 11 is 5.96. The van der Waals surface area contributed by atoms with Gasteiger partial charge in [-0.05, 0) is 50.1 Å². The number of nitrogens with one attached hydrogen (secondary N) is 2. The lowest BCUT2D eigenvalue weighted by atomic mass is 10.2. The molecule has 3 heterocycles. The predicted molar refractivity (Wildman–Crippen MR) is 102 cm³/mol. The molecule has 1 aliphatic heterocycles. The molecule has 0 aliphatic carbocycles. The van der Waals surface area contributed by atoms with Crippen molar-refractivity contribution in [1.29, 1.82) is 0 Å². The monoisotopic (exact) mass is 372 g/mol. The Labute approximate surface area is 156 Å². The highest BCUT2D eigenvalue weighted by Gasteiger charge is 2.16. The first kappa shape index (κ1) is 17.3. The van der Waals surface area contributed by atoms with Crippen molar-refractivity contribution >= 4 is 22.6 Å². The van der Waals surface area contributed by atoms with E-state index < -0.39 is 0 Å². The Morgan fingerprint density at radius 2 is 2.19 bits per heavy atom. The highest BCUT2D eigenvalue weighted by atomic mass is 35.5. The van der Waals surface area contributed by atoms with Crippen LogP contribution in [0.5, 0.6) is 0 Å². The largest absolute Gasteiger partial charge is 0.377 e.